The van der Waals surface area contributed by atoms with Crippen molar-refractivity contribution in [1.82, 2.24) is 5.32 Å². The molecule has 0 aliphatic carbocycles. The molecular weight excluding hydrogens is 307 g/mol. The number of carboxylic acids is 1. The zero-order chi connectivity index (χ0) is 17.3. The number of benzene rings is 1. The Morgan fingerprint density at radius 2 is 1.87 bits per heavy atom. The fraction of sp³-hybridized carbons (Fsp3) is 0.588. The molecular formula is C17H22F3NO2. The summed E-state index contributed by atoms with van der Waals surface area (Å²) in [5, 5.41) is 11.8. The maximum absolute atomic E-state index is 13.4. The Bertz CT molecular complexity index is 554. The normalized spacial score (nSPS) is 25.0. The monoisotopic (exact) mass is 329 g/mol. The number of alkyl halides is 3. The number of halogens is 3. The molecule has 1 saturated heterocycles. The molecule has 1 aliphatic heterocycles. The Hall–Kier alpha value is -1.56. The Morgan fingerprint density at radius 1 is 1.30 bits per heavy atom. The summed E-state index contributed by atoms with van der Waals surface area (Å²) >= 11 is 0. The number of nitrogens with one attached hydrogen (secondary N) is 1. The second kappa shape index (κ2) is 6.51. The van der Waals surface area contributed by atoms with Crippen molar-refractivity contribution in [1.29, 1.82) is 0 Å². The first-order valence-corrected chi connectivity index (χ1v) is 7.75. The predicted octanol–water partition coefficient (Wildman–Crippen LogP) is 3.28. The fourth-order valence-corrected chi connectivity index (χ4v) is 3.28. The molecule has 1 aromatic carbocycles. The van der Waals surface area contributed by atoms with Gasteiger partial charge in [-0.15, -0.1) is 0 Å². The molecule has 0 bridgehead atoms. The molecule has 1 fully saturated rings. The molecule has 6 heteroatoms. The quantitative estimate of drug-likeness (QED) is 0.871. The number of carboxylic acid groups (broad SMARTS) is 1. The lowest BCUT2D eigenvalue weighted by atomic mass is 9.74. The van der Waals surface area contributed by atoms with Crippen LogP contribution in [0.1, 0.15) is 25.0 Å². The highest BCUT2D eigenvalue weighted by Crippen LogP contribution is 2.47. The summed E-state index contributed by atoms with van der Waals surface area (Å²) in [7, 11) is 0. The minimum Gasteiger partial charge on any atom is -0.481 e. The lowest BCUT2D eigenvalue weighted by molar-refractivity contribution is -0.236. The van der Waals surface area contributed by atoms with Crippen molar-refractivity contribution >= 4 is 5.97 Å². The molecule has 0 radical (unpaired) electrons. The third-order valence-electron chi connectivity index (χ3n) is 4.53. The summed E-state index contributed by atoms with van der Waals surface area (Å²) in [4.78, 5) is 11.4. The van der Waals surface area contributed by atoms with E-state index >= 15 is 0 Å². The van der Waals surface area contributed by atoms with Gasteiger partial charge in [-0.05, 0) is 36.4 Å². The third kappa shape index (κ3) is 3.52. The topological polar surface area (TPSA) is 49.3 Å². The highest BCUT2D eigenvalue weighted by molar-refractivity contribution is 5.77. The first kappa shape index (κ1) is 17.8. The third-order valence-corrected chi connectivity index (χ3v) is 4.53. The van der Waals surface area contributed by atoms with Gasteiger partial charge in [0.2, 0.25) is 0 Å². The Labute approximate surface area is 133 Å². The molecule has 0 spiro atoms. The van der Waals surface area contributed by atoms with Crippen molar-refractivity contribution in [2.45, 2.75) is 32.9 Å². The standard InChI is InChI=1S/C17H22F3NO2/c1-11(2)7-12-3-5-13(6-4-12)8-14-9-21-10-16(14,15(22)23)17(18,19)20/h3-6,11,14,21H,7-10H2,1-2H3,(H,22,23). The van der Waals surface area contributed by atoms with Crippen LogP contribution in [0.3, 0.4) is 0 Å². The smallest absolute Gasteiger partial charge is 0.406 e. The summed E-state index contributed by atoms with van der Waals surface area (Å²) in [5.41, 5.74) is -0.835. The highest BCUT2D eigenvalue weighted by atomic mass is 19.4. The number of aliphatic carboxylic acids is 1. The van der Waals surface area contributed by atoms with Gasteiger partial charge in [0.1, 0.15) is 0 Å². The first-order chi connectivity index (χ1) is 10.7. The molecule has 23 heavy (non-hydrogen) atoms. The van der Waals surface area contributed by atoms with E-state index in [1.165, 1.54) is 0 Å². The van der Waals surface area contributed by atoms with E-state index in [9.17, 15) is 23.1 Å². The van der Waals surface area contributed by atoms with E-state index in [4.69, 9.17) is 0 Å². The Morgan fingerprint density at radius 3 is 2.35 bits per heavy atom. The van der Waals surface area contributed by atoms with Crippen LogP contribution >= 0.6 is 0 Å². The van der Waals surface area contributed by atoms with E-state index in [2.05, 4.69) is 19.2 Å². The van der Waals surface area contributed by atoms with Gasteiger partial charge in [-0.2, -0.15) is 13.2 Å². The maximum atomic E-state index is 13.4. The number of hydrogen-bond donors (Lipinski definition) is 2. The molecule has 2 rings (SSSR count). The number of rotatable bonds is 5. The Kier molecular flexibility index (Phi) is 5.04. The second-order valence-corrected chi connectivity index (χ2v) is 6.72. The largest absolute Gasteiger partial charge is 0.481 e. The zero-order valence-corrected chi connectivity index (χ0v) is 13.3. The van der Waals surface area contributed by atoms with Gasteiger partial charge in [-0.25, -0.2) is 0 Å². The highest BCUT2D eigenvalue weighted by Gasteiger charge is 2.66. The molecule has 1 heterocycles. The molecule has 2 atom stereocenters. The van der Waals surface area contributed by atoms with Crippen LogP contribution in [0.2, 0.25) is 0 Å². The summed E-state index contributed by atoms with van der Waals surface area (Å²) in [6.07, 6.45) is -3.77. The van der Waals surface area contributed by atoms with Gasteiger partial charge in [0.25, 0.3) is 0 Å². The summed E-state index contributed by atoms with van der Waals surface area (Å²) < 4.78 is 40.2. The van der Waals surface area contributed by atoms with Crippen LogP contribution in [0.5, 0.6) is 0 Å². The van der Waals surface area contributed by atoms with Gasteiger partial charge in [-0.3, -0.25) is 4.79 Å². The summed E-state index contributed by atoms with van der Waals surface area (Å²) in [6, 6.07) is 7.43. The van der Waals surface area contributed by atoms with Crippen LogP contribution in [-0.4, -0.2) is 30.3 Å². The zero-order valence-electron chi connectivity index (χ0n) is 13.3. The van der Waals surface area contributed by atoms with E-state index in [1.807, 2.05) is 12.1 Å². The average Bonchev–Trinajstić information content (AvgIpc) is 2.84. The predicted molar refractivity (Wildman–Crippen MR) is 81.2 cm³/mol. The van der Waals surface area contributed by atoms with E-state index < -0.39 is 30.0 Å². The molecule has 128 valence electrons. The van der Waals surface area contributed by atoms with E-state index in [1.54, 1.807) is 12.1 Å². The van der Waals surface area contributed by atoms with Crippen molar-refractivity contribution in [2.75, 3.05) is 13.1 Å². The van der Waals surface area contributed by atoms with Crippen LogP contribution < -0.4 is 5.32 Å². The van der Waals surface area contributed by atoms with Gasteiger partial charge < -0.3 is 10.4 Å². The molecule has 1 aliphatic rings. The molecule has 1 aromatic rings. The van der Waals surface area contributed by atoms with Crippen molar-refractivity contribution in [2.24, 2.45) is 17.3 Å². The number of carbonyl (C=O) groups is 1. The molecule has 3 nitrogen and oxygen atoms in total. The molecule has 2 N–H and O–H groups in total. The Balaban J connectivity index is 2.19. The average molecular weight is 329 g/mol. The SMILES string of the molecule is CC(C)Cc1ccc(CC2CNCC2(C(=O)O)C(F)(F)F)cc1. The van der Waals surface area contributed by atoms with E-state index in [-0.39, 0.29) is 13.0 Å². The minimum atomic E-state index is -4.77. The van der Waals surface area contributed by atoms with Crippen LogP contribution in [0.25, 0.3) is 0 Å². The van der Waals surface area contributed by atoms with Gasteiger partial charge >= 0.3 is 12.1 Å². The minimum absolute atomic E-state index is 0.0551. The van der Waals surface area contributed by atoms with Crippen LogP contribution in [0.4, 0.5) is 13.2 Å². The lowest BCUT2D eigenvalue weighted by Crippen LogP contribution is -2.51. The second-order valence-electron chi connectivity index (χ2n) is 6.72. The van der Waals surface area contributed by atoms with E-state index in [0.29, 0.717) is 5.92 Å². The van der Waals surface area contributed by atoms with Crippen molar-refractivity contribution in [3.05, 3.63) is 35.4 Å². The molecule has 0 amide bonds. The summed E-state index contributed by atoms with van der Waals surface area (Å²) in [6.45, 7) is 3.69. The van der Waals surface area contributed by atoms with Crippen LogP contribution in [0, 0.1) is 17.3 Å². The van der Waals surface area contributed by atoms with E-state index in [0.717, 1.165) is 17.5 Å². The maximum Gasteiger partial charge on any atom is 0.406 e. The van der Waals surface area contributed by atoms with Crippen LogP contribution in [0.15, 0.2) is 24.3 Å². The van der Waals surface area contributed by atoms with Gasteiger partial charge in [0.15, 0.2) is 5.41 Å². The summed E-state index contributed by atoms with van der Waals surface area (Å²) in [5.74, 6) is -2.29. The first-order valence-electron chi connectivity index (χ1n) is 7.75. The number of hydrogen-bond acceptors (Lipinski definition) is 2. The van der Waals surface area contributed by atoms with Gasteiger partial charge in [0.05, 0.1) is 0 Å². The van der Waals surface area contributed by atoms with Gasteiger partial charge in [0, 0.05) is 12.5 Å². The molecule has 0 saturated carbocycles. The van der Waals surface area contributed by atoms with Gasteiger partial charge in [-0.1, -0.05) is 38.1 Å². The van der Waals surface area contributed by atoms with Crippen LogP contribution in [-0.2, 0) is 17.6 Å². The van der Waals surface area contributed by atoms with Crippen molar-refractivity contribution in [3.8, 4) is 0 Å². The molecule has 0 aromatic heterocycles. The van der Waals surface area contributed by atoms with Crippen molar-refractivity contribution in [3.63, 3.8) is 0 Å². The lowest BCUT2D eigenvalue weighted by Gasteiger charge is -2.32. The molecule has 2 unspecified atom stereocenters. The van der Waals surface area contributed by atoms with Crippen molar-refractivity contribution < 1.29 is 23.1 Å². The fourth-order valence-electron chi connectivity index (χ4n) is 3.28.